The summed E-state index contributed by atoms with van der Waals surface area (Å²) in [5.41, 5.74) is 1.61. The molecule has 1 amide bonds. The van der Waals surface area contributed by atoms with Gasteiger partial charge in [-0.15, -0.1) is 11.8 Å². The summed E-state index contributed by atoms with van der Waals surface area (Å²) in [5.74, 6) is -0.442. The molecule has 1 N–H and O–H groups in total. The summed E-state index contributed by atoms with van der Waals surface area (Å²) in [6, 6.07) is 11.2. The van der Waals surface area contributed by atoms with Crippen LogP contribution in [-0.2, 0) is 23.8 Å². The van der Waals surface area contributed by atoms with Crippen molar-refractivity contribution in [1.29, 1.82) is 0 Å². The third kappa shape index (κ3) is 4.18. The summed E-state index contributed by atoms with van der Waals surface area (Å²) in [6.07, 6.45) is -1.22. The fourth-order valence-electron chi connectivity index (χ4n) is 2.95. The van der Waals surface area contributed by atoms with Gasteiger partial charge in [-0.2, -0.15) is 13.2 Å². The van der Waals surface area contributed by atoms with Crippen molar-refractivity contribution in [2.75, 3.05) is 5.32 Å². The average molecular weight is 365 g/mol. The molecular weight excluding hydrogens is 347 g/mol. The number of thioether (sulfide) groups is 1. The Kier molecular flexibility index (Phi) is 5.08. The second-order valence-electron chi connectivity index (χ2n) is 6.08. The molecule has 0 fully saturated rings. The lowest BCUT2D eigenvalue weighted by Gasteiger charge is -2.16. The molecule has 0 radical (unpaired) electrons. The Morgan fingerprint density at radius 1 is 1.12 bits per heavy atom. The third-order valence-corrected chi connectivity index (χ3v) is 5.34. The minimum absolute atomic E-state index is 0.207. The molecule has 0 unspecified atom stereocenters. The van der Waals surface area contributed by atoms with Crippen LogP contribution >= 0.6 is 11.8 Å². The van der Waals surface area contributed by atoms with Crippen molar-refractivity contribution in [2.45, 2.75) is 42.5 Å². The Bertz CT molecular complexity index is 788. The van der Waals surface area contributed by atoms with Crippen molar-refractivity contribution in [1.82, 2.24) is 0 Å². The fraction of sp³-hybridized carbons (Fsp3) is 0.316. The van der Waals surface area contributed by atoms with Gasteiger partial charge in [-0.25, -0.2) is 0 Å². The van der Waals surface area contributed by atoms with Gasteiger partial charge in [0, 0.05) is 4.90 Å². The number of halogens is 3. The van der Waals surface area contributed by atoms with Crippen LogP contribution in [0, 0.1) is 0 Å². The lowest BCUT2D eigenvalue weighted by Crippen LogP contribution is -2.24. The molecule has 0 aromatic heterocycles. The van der Waals surface area contributed by atoms with E-state index in [4.69, 9.17) is 0 Å². The second-order valence-corrected chi connectivity index (χ2v) is 7.49. The molecule has 1 aliphatic carbocycles. The van der Waals surface area contributed by atoms with Gasteiger partial charge in [-0.1, -0.05) is 18.2 Å². The highest BCUT2D eigenvalue weighted by Gasteiger charge is 2.33. The molecule has 3 rings (SSSR count). The second kappa shape index (κ2) is 7.12. The SMILES string of the molecule is C[C@@H](Sc1ccc2c(c1)CCC2)C(=O)Nc1ccccc1C(F)(F)F. The monoisotopic (exact) mass is 365 g/mol. The van der Waals surface area contributed by atoms with Crippen molar-refractivity contribution in [2.24, 2.45) is 0 Å². The summed E-state index contributed by atoms with van der Waals surface area (Å²) >= 11 is 1.36. The van der Waals surface area contributed by atoms with Crippen LogP contribution in [0.15, 0.2) is 47.4 Å². The fourth-order valence-corrected chi connectivity index (χ4v) is 3.88. The molecule has 0 bridgehead atoms. The molecule has 0 spiro atoms. The Balaban J connectivity index is 1.69. The van der Waals surface area contributed by atoms with Gasteiger partial charge in [0.1, 0.15) is 0 Å². The summed E-state index contributed by atoms with van der Waals surface area (Å²) in [6.45, 7) is 1.70. The summed E-state index contributed by atoms with van der Waals surface area (Å²) < 4.78 is 39.1. The maximum Gasteiger partial charge on any atom is 0.418 e. The number of aryl methyl sites for hydroxylation is 2. The number of benzene rings is 2. The van der Waals surface area contributed by atoms with Gasteiger partial charge in [0.15, 0.2) is 0 Å². The van der Waals surface area contributed by atoms with Crippen LogP contribution in [0.5, 0.6) is 0 Å². The first kappa shape index (κ1) is 17.9. The first-order valence-corrected chi connectivity index (χ1v) is 8.98. The Labute approximate surface area is 148 Å². The molecule has 0 saturated carbocycles. The number of alkyl halides is 3. The first-order chi connectivity index (χ1) is 11.8. The zero-order chi connectivity index (χ0) is 18.0. The van der Waals surface area contributed by atoms with Gasteiger partial charge < -0.3 is 5.32 Å². The van der Waals surface area contributed by atoms with Gasteiger partial charge in [0.25, 0.3) is 0 Å². The van der Waals surface area contributed by atoms with E-state index in [0.717, 1.165) is 30.2 Å². The van der Waals surface area contributed by atoms with Crippen molar-refractivity contribution in [3.8, 4) is 0 Å². The van der Waals surface area contributed by atoms with E-state index in [1.807, 2.05) is 6.07 Å². The molecule has 132 valence electrons. The highest BCUT2D eigenvalue weighted by atomic mass is 32.2. The lowest BCUT2D eigenvalue weighted by atomic mass is 10.1. The molecule has 25 heavy (non-hydrogen) atoms. The highest BCUT2D eigenvalue weighted by molar-refractivity contribution is 8.00. The molecule has 0 aliphatic heterocycles. The smallest absolute Gasteiger partial charge is 0.325 e. The molecule has 2 nitrogen and oxygen atoms in total. The number of carbonyl (C=O) groups excluding carboxylic acids is 1. The summed E-state index contributed by atoms with van der Waals surface area (Å²) in [4.78, 5) is 13.3. The van der Waals surface area contributed by atoms with Crippen LogP contribution in [0.3, 0.4) is 0 Å². The Morgan fingerprint density at radius 2 is 1.84 bits per heavy atom. The van der Waals surface area contributed by atoms with Crippen LogP contribution < -0.4 is 5.32 Å². The molecule has 0 saturated heterocycles. The van der Waals surface area contributed by atoms with Gasteiger partial charge in [0.2, 0.25) is 5.91 Å². The topological polar surface area (TPSA) is 29.1 Å². The van der Waals surface area contributed by atoms with Crippen molar-refractivity contribution in [3.05, 3.63) is 59.2 Å². The van der Waals surface area contributed by atoms with Crippen LogP contribution in [-0.4, -0.2) is 11.2 Å². The Hall–Kier alpha value is -1.95. The number of carbonyl (C=O) groups is 1. The number of rotatable bonds is 4. The van der Waals surface area contributed by atoms with Crippen molar-refractivity contribution >= 4 is 23.4 Å². The first-order valence-electron chi connectivity index (χ1n) is 8.10. The van der Waals surface area contributed by atoms with E-state index in [-0.39, 0.29) is 5.69 Å². The standard InChI is InChI=1S/C19H18F3NOS/c1-12(25-15-10-9-13-5-4-6-14(13)11-15)18(24)23-17-8-3-2-7-16(17)19(20,21)22/h2-3,7-12H,4-6H2,1H3,(H,23,24)/t12-/m1/s1. The lowest BCUT2D eigenvalue weighted by molar-refractivity contribution is -0.137. The van der Waals surface area contributed by atoms with Gasteiger partial charge in [0.05, 0.1) is 16.5 Å². The predicted molar refractivity (Wildman–Crippen MR) is 93.9 cm³/mol. The van der Waals surface area contributed by atoms with Gasteiger partial charge in [-0.3, -0.25) is 4.79 Å². The quantitative estimate of drug-likeness (QED) is 0.744. The molecule has 0 heterocycles. The number of fused-ring (bicyclic) bond motifs is 1. The molecule has 2 aromatic carbocycles. The maximum absolute atomic E-state index is 13.0. The minimum Gasteiger partial charge on any atom is -0.325 e. The average Bonchev–Trinajstić information content (AvgIpc) is 3.02. The zero-order valence-corrected chi connectivity index (χ0v) is 14.5. The molecule has 6 heteroatoms. The molecule has 1 aliphatic rings. The molecule has 2 aromatic rings. The van der Waals surface area contributed by atoms with E-state index in [0.29, 0.717) is 0 Å². The number of para-hydroxylation sites is 1. The number of hydrogen-bond acceptors (Lipinski definition) is 2. The summed E-state index contributed by atoms with van der Waals surface area (Å²) in [7, 11) is 0. The van der Waals surface area contributed by atoms with E-state index in [1.165, 1.54) is 41.1 Å². The maximum atomic E-state index is 13.0. The van der Waals surface area contributed by atoms with E-state index >= 15 is 0 Å². The number of anilines is 1. The van der Waals surface area contributed by atoms with Gasteiger partial charge >= 0.3 is 6.18 Å². The van der Waals surface area contributed by atoms with Crippen molar-refractivity contribution < 1.29 is 18.0 Å². The van der Waals surface area contributed by atoms with Crippen LogP contribution in [0.2, 0.25) is 0 Å². The van der Waals surface area contributed by atoms with E-state index in [2.05, 4.69) is 17.4 Å². The van der Waals surface area contributed by atoms with Gasteiger partial charge in [-0.05, 0) is 61.6 Å². The molecular formula is C19H18F3NOS. The van der Waals surface area contributed by atoms with Crippen molar-refractivity contribution in [3.63, 3.8) is 0 Å². The van der Waals surface area contributed by atoms with E-state index in [9.17, 15) is 18.0 Å². The van der Waals surface area contributed by atoms with Crippen LogP contribution in [0.1, 0.15) is 30.0 Å². The molecule has 1 atom stereocenters. The van der Waals surface area contributed by atoms with E-state index in [1.54, 1.807) is 6.92 Å². The van der Waals surface area contributed by atoms with Crippen LogP contribution in [0.4, 0.5) is 18.9 Å². The minimum atomic E-state index is -4.50. The number of amides is 1. The summed E-state index contributed by atoms with van der Waals surface area (Å²) in [5, 5.41) is 1.91. The zero-order valence-electron chi connectivity index (χ0n) is 13.7. The Morgan fingerprint density at radius 3 is 2.60 bits per heavy atom. The largest absolute Gasteiger partial charge is 0.418 e. The predicted octanol–water partition coefficient (Wildman–Crippen LogP) is 5.31. The van der Waals surface area contributed by atoms with Crippen LogP contribution in [0.25, 0.3) is 0 Å². The highest BCUT2D eigenvalue weighted by Crippen LogP contribution is 2.35. The number of nitrogens with one attached hydrogen (secondary N) is 1. The normalized spacial score (nSPS) is 14.9. The third-order valence-electron chi connectivity index (χ3n) is 4.24. The number of hydrogen-bond donors (Lipinski definition) is 1. The van der Waals surface area contributed by atoms with E-state index < -0.39 is 22.9 Å².